The van der Waals surface area contributed by atoms with E-state index in [1.54, 1.807) is 36.5 Å². The number of halogens is 4. The van der Waals surface area contributed by atoms with Gasteiger partial charge in [-0.25, -0.2) is 4.98 Å². The van der Waals surface area contributed by atoms with Gasteiger partial charge in [0.1, 0.15) is 11.6 Å². The first-order valence-electron chi connectivity index (χ1n) is 12.4. The molecule has 2 aromatic carbocycles. The number of hydrogen-bond acceptors (Lipinski definition) is 5. The number of carbonyl (C=O) groups is 2. The molecule has 2 amide bonds. The van der Waals surface area contributed by atoms with E-state index in [1.807, 2.05) is 12.1 Å². The number of nitrogens with zero attached hydrogens (tertiary/aromatic N) is 1. The van der Waals surface area contributed by atoms with Crippen molar-refractivity contribution in [2.45, 2.75) is 43.4 Å². The summed E-state index contributed by atoms with van der Waals surface area (Å²) >= 11 is 5.98. The third kappa shape index (κ3) is 7.00. The second-order valence-electron chi connectivity index (χ2n) is 9.52. The molecule has 0 spiro atoms. The van der Waals surface area contributed by atoms with Crippen molar-refractivity contribution in [1.29, 1.82) is 0 Å². The number of alkyl halides is 3. The number of amides is 2. The minimum Gasteiger partial charge on any atom is -0.478 e. The first kappa shape index (κ1) is 28.2. The van der Waals surface area contributed by atoms with Crippen LogP contribution < -0.4 is 20.7 Å². The van der Waals surface area contributed by atoms with Crippen LogP contribution in [-0.2, 0) is 21.2 Å². The normalized spacial score (nSPS) is 15.5. The summed E-state index contributed by atoms with van der Waals surface area (Å²) in [6.45, 7) is 1.67. The van der Waals surface area contributed by atoms with Gasteiger partial charge in [-0.3, -0.25) is 9.59 Å². The van der Waals surface area contributed by atoms with Crippen LogP contribution in [0.15, 0.2) is 72.9 Å². The Morgan fingerprint density at radius 2 is 1.69 bits per heavy atom. The Kier molecular flexibility index (Phi) is 8.34. The van der Waals surface area contributed by atoms with E-state index < -0.39 is 28.7 Å². The summed E-state index contributed by atoms with van der Waals surface area (Å²) in [6, 6.07) is 16.5. The molecule has 11 heteroatoms. The number of hydrogen-bond donors (Lipinski definition) is 3. The fourth-order valence-corrected chi connectivity index (χ4v) is 4.30. The maximum atomic E-state index is 13.2. The molecule has 3 aromatic rings. The lowest BCUT2D eigenvalue weighted by molar-refractivity contribution is -0.138. The van der Waals surface area contributed by atoms with Crippen molar-refractivity contribution in [1.82, 2.24) is 15.6 Å². The summed E-state index contributed by atoms with van der Waals surface area (Å²) in [4.78, 5) is 30.4. The zero-order chi connectivity index (χ0) is 28.1. The molecule has 7 nitrogen and oxygen atoms in total. The van der Waals surface area contributed by atoms with E-state index in [0.29, 0.717) is 23.7 Å². The second-order valence-corrected chi connectivity index (χ2v) is 9.96. The molecule has 1 fully saturated rings. The number of pyridine rings is 1. The zero-order valence-electron chi connectivity index (χ0n) is 21.1. The Morgan fingerprint density at radius 1 is 1.00 bits per heavy atom. The number of carbonyl (C=O) groups excluding carboxylic acids is 2. The number of anilines is 1. The van der Waals surface area contributed by atoms with Gasteiger partial charge in [-0.15, -0.1) is 0 Å². The molecule has 1 heterocycles. The van der Waals surface area contributed by atoms with Gasteiger partial charge >= 0.3 is 6.18 Å². The Balaban J connectivity index is 1.42. The van der Waals surface area contributed by atoms with Gasteiger partial charge in [0.2, 0.25) is 5.91 Å². The van der Waals surface area contributed by atoms with Crippen molar-refractivity contribution in [3.8, 4) is 5.75 Å². The van der Waals surface area contributed by atoms with E-state index in [9.17, 15) is 22.8 Å². The first-order chi connectivity index (χ1) is 18.5. The summed E-state index contributed by atoms with van der Waals surface area (Å²) in [5.74, 6) is -0.0466. The Labute approximate surface area is 229 Å². The topological polar surface area (TPSA) is 92.3 Å². The molecule has 0 saturated heterocycles. The largest absolute Gasteiger partial charge is 0.478 e. The average molecular weight is 561 g/mol. The van der Waals surface area contributed by atoms with Crippen LogP contribution in [0.1, 0.15) is 37.3 Å². The lowest BCUT2D eigenvalue weighted by Crippen LogP contribution is -2.52. The van der Waals surface area contributed by atoms with Crippen molar-refractivity contribution in [3.05, 3.63) is 89.1 Å². The third-order valence-corrected chi connectivity index (χ3v) is 6.91. The van der Waals surface area contributed by atoms with Gasteiger partial charge in [-0.2, -0.15) is 13.2 Å². The number of ether oxygens (including phenoxy) is 1. The molecule has 3 N–H and O–H groups in total. The van der Waals surface area contributed by atoms with E-state index in [0.717, 1.165) is 17.7 Å². The van der Waals surface area contributed by atoms with Gasteiger partial charge in [0.05, 0.1) is 17.6 Å². The van der Waals surface area contributed by atoms with Gasteiger partial charge < -0.3 is 20.7 Å². The highest BCUT2D eigenvalue weighted by Crippen LogP contribution is 2.48. The minimum absolute atomic E-state index is 0.0356. The highest BCUT2D eigenvalue weighted by atomic mass is 35.5. The standard InChI is InChI=1S/C28H28ClF3N4O3/c1-26(24(37)36-18-35-23-4-2-3-16-33-23,39-22-11-7-20(8-12-22)28(30,31)32)15-17-34-25(38)27(13-14-27)19-5-9-21(29)10-6-19/h2-12,16H,13-15,17-18H2,1H3,(H,33,35)(H,34,38)(H,36,37). The van der Waals surface area contributed by atoms with Gasteiger partial charge in [0.25, 0.3) is 5.91 Å². The quantitative estimate of drug-likeness (QED) is 0.276. The average Bonchev–Trinajstić information content (AvgIpc) is 3.72. The van der Waals surface area contributed by atoms with Crippen molar-refractivity contribution < 1.29 is 27.5 Å². The summed E-state index contributed by atoms with van der Waals surface area (Å²) in [5.41, 5.74) is -2.10. The van der Waals surface area contributed by atoms with Crippen LogP contribution in [0.3, 0.4) is 0 Å². The summed E-state index contributed by atoms with van der Waals surface area (Å²) in [5, 5.41) is 9.15. The molecule has 1 aliphatic carbocycles. The fraction of sp³-hybridized carbons (Fsp3) is 0.321. The van der Waals surface area contributed by atoms with Crippen LogP contribution in [0.5, 0.6) is 5.75 Å². The van der Waals surface area contributed by atoms with E-state index in [-0.39, 0.29) is 31.3 Å². The SMILES string of the molecule is CC(CCNC(=O)C1(c2ccc(Cl)cc2)CC1)(Oc1ccc(C(F)(F)F)cc1)C(=O)NCNc1ccccn1. The Morgan fingerprint density at radius 3 is 2.28 bits per heavy atom. The number of nitrogens with one attached hydrogen (secondary N) is 3. The fourth-order valence-electron chi connectivity index (χ4n) is 4.18. The van der Waals surface area contributed by atoms with Crippen molar-refractivity contribution in [2.24, 2.45) is 0 Å². The molecule has 39 heavy (non-hydrogen) atoms. The first-order valence-corrected chi connectivity index (χ1v) is 12.7. The van der Waals surface area contributed by atoms with Gasteiger partial charge in [0, 0.05) is 24.2 Å². The third-order valence-electron chi connectivity index (χ3n) is 6.66. The smallest absolute Gasteiger partial charge is 0.416 e. The van der Waals surface area contributed by atoms with Crippen LogP contribution in [0, 0.1) is 0 Å². The molecule has 1 saturated carbocycles. The van der Waals surface area contributed by atoms with E-state index in [2.05, 4.69) is 20.9 Å². The lowest BCUT2D eigenvalue weighted by Gasteiger charge is -2.30. The minimum atomic E-state index is -4.50. The molecule has 0 aliphatic heterocycles. The van der Waals surface area contributed by atoms with Crippen LogP contribution in [0.2, 0.25) is 5.02 Å². The van der Waals surface area contributed by atoms with E-state index >= 15 is 0 Å². The molecule has 1 atom stereocenters. The van der Waals surface area contributed by atoms with Crippen LogP contribution in [-0.4, -0.2) is 35.6 Å². The molecule has 1 unspecified atom stereocenters. The molecule has 1 aromatic heterocycles. The van der Waals surface area contributed by atoms with Crippen LogP contribution in [0.25, 0.3) is 0 Å². The number of aromatic nitrogens is 1. The maximum Gasteiger partial charge on any atom is 0.416 e. The Hall–Kier alpha value is -3.79. The lowest BCUT2D eigenvalue weighted by atomic mass is 9.94. The van der Waals surface area contributed by atoms with Gasteiger partial charge in [-0.1, -0.05) is 29.8 Å². The van der Waals surface area contributed by atoms with Crippen LogP contribution >= 0.6 is 11.6 Å². The molecule has 0 radical (unpaired) electrons. The Bertz CT molecular complexity index is 1280. The molecular formula is C28H28ClF3N4O3. The predicted molar refractivity (Wildman–Crippen MR) is 141 cm³/mol. The van der Waals surface area contributed by atoms with Crippen LogP contribution in [0.4, 0.5) is 19.0 Å². The van der Waals surface area contributed by atoms with Gasteiger partial charge in [-0.05, 0) is 73.9 Å². The highest BCUT2D eigenvalue weighted by molar-refractivity contribution is 6.30. The monoisotopic (exact) mass is 560 g/mol. The highest BCUT2D eigenvalue weighted by Gasteiger charge is 2.51. The van der Waals surface area contributed by atoms with Crippen molar-refractivity contribution in [3.63, 3.8) is 0 Å². The molecule has 0 bridgehead atoms. The van der Waals surface area contributed by atoms with Crippen molar-refractivity contribution in [2.75, 3.05) is 18.5 Å². The van der Waals surface area contributed by atoms with Crippen molar-refractivity contribution >= 4 is 29.2 Å². The molecule has 1 aliphatic rings. The van der Waals surface area contributed by atoms with Gasteiger partial charge in [0.15, 0.2) is 5.60 Å². The molecule has 206 valence electrons. The molecular weight excluding hydrogens is 533 g/mol. The summed E-state index contributed by atoms with van der Waals surface area (Å²) in [7, 11) is 0. The van der Waals surface area contributed by atoms with E-state index in [1.165, 1.54) is 19.1 Å². The zero-order valence-corrected chi connectivity index (χ0v) is 21.9. The van der Waals surface area contributed by atoms with E-state index in [4.69, 9.17) is 16.3 Å². The number of benzene rings is 2. The second kappa shape index (κ2) is 11.5. The number of rotatable bonds is 11. The predicted octanol–water partition coefficient (Wildman–Crippen LogP) is 5.32. The molecule has 4 rings (SSSR count). The summed E-state index contributed by atoms with van der Waals surface area (Å²) < 4.78 is 44.9. The summed E-state index contributed by atoms with van der Waals surface area (Å²) in [6.07, 6.45) is -1.45. The maximum absolute atomic E-state index is 13.2.